The average molecular weight is 413 g/mol. The predicted molar refractivity (Wildman–Crippen MR) is 113 cm³/mol. The van der Waals surface area contributed by atoms with E-state index >= 15 is 0 Å². The summed E-state index contributed by atoms with van der Waals surface area (Å²) >= 11 is 0. The van der Waals surface area contributed by atoms with Crippen molar-refractivity contribution in [2.45, 2.75) is 45.3 Å². The van der Waals surface area contributed by atoms with Crippen molar-refractivity contribution < 1.29 is 14.3 Å². The standard InChI is InChI=1S/C20H27N7O3/c1-20(2,3)30-19(29)27-8-5-13(6-9-27)25-15-10-17(23-11-14(15)18(21)28)26-16-4-7-22-12-24-16/h4,7,10-13H,5-6,8-9H2,1-3H3,(H2,21,28)(H2,22,23,24,25,26). The Kier molecular flexibility index (Phi) is 6.34. The molecular weight excluding hydrogens is 386 g/mol. The molecule has 3 rings (SSSR count). The Morgan fingerprint density at radius 2 is 1.93 bits per heavy atom. The first-order chi connectivity index (χ1) is 14.2. The first-order valence-corrected chi connectivity index (χ1v) is 9.78. The maximum atomic E-state index is 12.2. The molecule has 4 N–H and O–H groups in total. The number of nitrogens with one attached hydrogen (secondary N) is 2. The van der Waals surface area contributed by atoms with Crippen LogP contribution in [0.15, 0.2) is 30.9 Å². The van der Waals surface area contributed by atoms with Gasteiger partial charge in [-0.15, -0.1) is 0 Å². The van der Waals surface area contributed by atoms with E-state index in [2.05, 4.69) is 25.6 Å². The third kappa shape index (κ3) is 5.79. The van der Waals surface area contributed by atoms with Gasteiger partial charge in [-0.25, -0.2) is 19.7 Å². The van der Waals surface area contributed by atoms with Gasteiger partial charge in [0.1, 0.15) is 23.6 Å². The van der Waals surface area contributed by atoms with Gasteiger partial charge in [0.2, 0.25) is 0 Å². The second kappa shape index (κ2) is 8.93. The summed E-state index contributed by atoms with van der Waals surface area (Å²) in [5, 5.41) is 6.44. The van der Waals surface area contributed by atoms with E-state index in [0.29, 0.717) is 48.8 Å². The number of likely N-dealkylation sites (tertiary alicyclic amines) is 1. The van der Waals surface area contributed by atoms with Crippen molar-refractivity contribution in [3.05, 3.63) is 36.4 Å². The molecule has 2 aromatic heterocycles. The van der Waals surface area contributed by atoms with Gasteiger partial charge in [-0.2, -0.15) is 0 Å². The molecule has 3 heterocycles. The number of aromatic nitrogens is 3. The van der Waals surface area contributed by atoms with Crippen molar-refractivity contribution >= 4 is 29.3 Å². The highest BCUT2D eigenvalue weighted by molar-refractivity contribution is 5.98. The van der Waals surface area contributed by atoms with E-state index in [9.17, 15) is 9.59 Å². The van der Waals surface area contributed by atoms with E-state index in [1.165, 1.54) is 12.5 Å². The van der Waals surface area contributed by atoms with Gasteiger partial charge in [0.25, 0.3) is 5.91 Å². The maximum Gasteiger partial charge on any atom is 0.410 e. The van der Waals surface area contributed by atoms with E-state index in [0.717, 1.165) is 0 Å². The van der Waals surface area contributed by atoms with Crippen molar-refractivity contribution in [2.75, 3.05) is 23.7 Å². The Bertz CT molecular complexity index is 891. The van der Waals surface area contributed by atoms with Crippen molar-refractivity contribution in [1.82, 2.24) is 19.9 Å². The summed E-state index contributed by atoms with van der Waals surface area (Å²) in [5.41, 5.74) is 5.88. The van der Waals surface area contributed by atoms with E-state index in [1.54, 1.807) is 23.2 Å². The van der Waals surface area contributed by atoms with Crippen LogP contribution >= 0.6 is 0 Å². The normalized spacial score (nSPS) is 14.8. The molecule has 1 fully saturated rings. The zero-order valence-electron chi connectivity index (χ0n) is 17.4. The Morgan fingerprint density at radius 1 is 1.20 bits per heavy atom. The van der Waals surface area contributed by atoms with Crippen LogP contribution in [-0.2, 0) is 4.74 Å². The zero-order valence-corrected chi connectivity index (χ0v) is 17.4. The summed E-state index contributed by atoms with van der Waals surface area (Å²) in [4.78, 5) is 38.0. The molecule has 10 nitrogen and oxygen atoms in total. The summed E-state index contributed by atoms with van der Waals surface area (Å²) < 4.78 is 5.43. The van der Waals surface area contributed by atoms with Gasteiger partial charge in [0.15, 0.2) is 0 Å². The Hall–Kier alpha value is -3.43. The molecule has 0 radical (unpaired) electrons. The second-order valence-corrected chi connectivity index (χ2v) is 8.08. The van der Waals surface area contributed by atoms with Crippen molar-refractivity contribution in [2.24, 2.45) is 5.73 Å². The average Bonchev–Trinajstić information content (AvgIpc) is 2.68. The van der Waals surface area contributed by atoms with E-state index in [1.807, 2.05) is 20.8 Å². The SMILES string of the molecule is CC(C)(C)OC(=O)N1CCC(Nc2cc(Nc3ccncn3)ncc2C(N)=O)CC1. The molecule has 0 spiro atoms. The van der Waals surface area contributed by atoms with Crippen LogP contribution in [0.5, 0.6) is 0 Å². The molecule has 0 atom stereocenters. The Morgan fingerprint density at radius 3 is 2.53 bits per heavy atom. The number of primary amides is 1. The maximum absolute atomic E-state index is 12.2. The minimum atomic E-state index is -0.565. The highest BCUT2D eigenvalue weighted by atomic mass is 16.6. The molecule has 0 aromatic carbocycles. The Labute approximate surface area is 175 Å². The third-order valence-electron chi connectivity index (χ3n) is 4.51. The molecule has 30 heavy (non-hydrogen) atoms. The lowest BCUT2D eigenvalue weighted by molar-refractivity contribution is 0.0210. The molecule has 0 bridgehead atoms. The summed E-state index contributed by atoms with van der Waals surface area (Å²) in [6, 6.07) is 3.52. The summed E-state index contributed by atoms with van der Waals surface area (Å²) in [5.74, 6) is 0.540. The molecule has 1 aliphatic rings. The number of ether oxygens (including phenoxy) is 1. The molecule has 0 aliphatic carbocycles. The molecular formula is C20H27N7O3. The topological polar surface area (TPSA) is 135 Å². The molecule has 2 aromatic rings. The first-order valence-electron chi connectivity index (χ1n) is 9.78. The lowest BCUT2D eigenvalue weighted by Crippen LogP contribution is -2.44. The quantitative estimate of drug-likeness (QED) is 0.680. The zero-order chi connectivity index (χ0) is 21.7. The van der Waals surface area contributed by atoms with Crippen LogP contribution in [0.25, 0.3) is 0 Å². The van der Waals surface area contributed by atoms with Gasteiger partial charge in [0.05, 0.1) is 11.3 Å². The highest BCUT2D eigenvalue weighted by Crippen LogP contribution is 2.24. The molecule has 10 heteroatoms. The van der Waals surface area contributed by atoms with E-state index in [-0.39, 0.29) is 12.1 Å². The number of nitrogens with zero attached hydrogens (tertiary/aromatic N) is 4. The van der Waals surface area contributed by atoms with Gasteiger partial charge in [-0.3, -0.25) is 4.79 Å². The summed E-state index contributed by atoms with van der Waals surface area (Å²) in [7, 11) is 0. The van der Waals surface area contributed by atoms with Gasteiger partial charge < -0.3 is 26.0 Å². The van der Waals surface area contributed by atoms with Crippen molar-refractivity contribution in [1.29, 1.82) is 0 Å². The van der Waals surface area contributed by atoms with Crippen LogP contribution in [0.3, 0.4) is 0 Å². The molecule has 1 saturated heterocycles. The van der Waals surface area contributed by atoms with Gasteiger partial charge in [-0.05, 0) is 39.7 Å². The highest BCUT2D eigenvalue weighted by Gasteiger charge is 2.27. The number of hydrogen-bond donors (Lipinski definition) is 3. The molecule has 2 amide bonds. The fourth-order valence-corrected chi connectivity index (χ4v) is 3.09. The summed E-state index contributed by atoms with van der Waals surface area (Å²) in [6.07, 6.45) is 5.61. The predicted octanol–water partition coefficient (Wildman–Crippen LogP) is 2.53. The van der Waals surface area contributed by atoms with Crippen LogP contribution in [0.2, 0.25) is 0 Å². The minimum absolute atomic E-state index is 0.0797. The van der Waals surface area contributed by atoms with Gasteiger partial charge >= 0.3 is 6.09 Å². The number of anilines is 3. The third-order valence-corrected chi connectivity index (χ3v) is 4.51. The lowest BCUT2D eigenvalue weighted by atomic mass is 10.0. The van der Waals surface area contributed by atoms with Gasteiger partial charge in [0, 0.05) is 37.6 Å². The molecule has 1 aliphatic heterocycles. The van der Waals surface area contributed by atoms with Crippen LogP contribution < -0.4 is 16.4 Å². The Balaban J connectivity index is 1.66. The van der Waals surface area contributed by atoms with Crippen LogP contribution in [-0.4, -0.2) is 56.6 Å². The van der Waals surface area contributed by atoms with Crippen LogP contribution in [0.1, 0.15) is 44.0 Å². The van der Waals surface area contributed by atoms with Gasteiger partial charge in [-0.1, -0.05) is 0 Å². The smallest absolute Gasteiger partial charge is 0.410 e. The van der Waals surface area contributed by atoms with E-state index in [4.69, 9.17) is 10.5 Å². The number of amides is 2. The van der Waals surface area contributed by atoms with Crippen molar-refractivity contribution in [3.63, 3.8) is 0 Å². The number of rotatable bonds is 5. The largest absolute Gasteiger partial charge is 0.444 e. The fraction of sp³-hybridized carbons (Fsp3) is 0.450. The monoisotopic (exact) mass is 413 g/mol. The van der Waals surface area contributed by atoms with Crippen LogP contribution in [0, 0.1) is 0 Å². The van der Waals surface area contributed by atoms with E-state index < -0.39 is 11.5 Å². The number of pyridine rings is 1. The first kappa shape index (κ1) is 21.3. The minimum Gasteiger partial charge on any atom is -0.444 e. The number of piperidine rings is 1. The number of nitrogens with two attached hydrogens (primary N) is 1. The second-order valence-electron chi connectivity index (χ2n) is 8.08. The number of carbonyl (C=O) groups is 2. The molecule has 160 valence electrons. The lowest BCUT2D eigenvalue weighted by Gasteiger charge is -2.34. The number of hydrogen-bond acceptors (Lipinski definition) is 8. The summed E-state index contributed by atoms with van der Waals surface area (Å²) in [6.45, 7) is 6.68. The fourth-order valence-electron chi connectivity index (χ4n) is 3.09. The molecule has 0 unspecified atom stereocenters. The van der Waals surface area contributed by atoms with Crippen LogP contribution in [0.4, 0.5) is 22.1 Å². The number of carbonyl (C=O) groups excluding carboxylic acids is 2. The molecule has 0 saturated carbocycles. The van der Waals surface area contributed by atoms with Crippen molar-refractivity contribution in [3.8, 4) is 0 Å².